The number of rotatable bonds is 6. The predicted molar refractivity (Wildman–Crippen MR) is 103 cm³/mol. The Morgan fingerprint density at radius 2 is 1.85 bits per heavy atom. The van der Waals surface area contributed by atoms with Crippen LogP contribution in [0.5, 0.6) is 0 Å². The molecule has 1 N–H and O–H groups in total. The lowest BCUT2D eigenvalue weighted by Gasteiger charge is -2.16. The first-order chi connectivity index (χ1) is 12.5. The van der Waals surface area contributed by atoms with Gasteiger partial charge in [0.15, 0.2) is 0 Å². The number of hydrogen-bond acceptors (Lipinski definition) is 5. The second-order valence-electron chi connectivity index (χ2n) is 6.05. The molecule has 1 aromatic carbocycles. The van der Waals surface area contributed by atoms with Crippen molar-refractivity contribution < 1.29 is 13.2 Å². The third-order valence-corrected chi connectivity index (χ3v) is 7.09. The second kappa shape index (κ2) is 8.20. The molecule has 3 rings (SSSR count). The van der Waals surface area contributed by atoms with Crippen LogP contribution in [0.25, 0.3) is 0 Å². The minimum Gasteiger partial charge on any atom is -0.325 e. The van der Waals surface area contributed by atoms with Crippen molar-refractivity contribution in [2.45, 2.75) is 34.9 Å². The lowest BCUT2D eigenvalue weighted by Crippen LogP contribution is -2.27. The molecular weight excluding hydrogens is 370 g/mol. The Balaban J connectivity index is 1.62. The van der Waals surface area contributed by atoms with Gasteiger partial charge in [-0.2, -0.15) is 4.31 Å². The molecule has 1 aromatic heterocycles. The summed E-state index contributed by atoms with van der Waals surface area (Å²) in [4.78, 5) is 16.8. The average molecular weight is 392 g/mol. The predicted octanol–water partition coefficient (Wildman–Crippen LogP) is 2.99. The van der Waals surface area contributed by atoms with Crippen molar-refractivity contribution >= 4 is 33.4 Å². The van der Waals surface area contributed by atoms with Gasteiger partial charge in [-0.1, -0.05) is 17.8 Å². The van der Waals surface area contributed by atoms with Gasteiger partial charge in [0, 0.05) is 25.0 Å². The molecule has 0 radical (unpaired) electrons. The van der Waals surface area contributed by atoms with Crippen LogP contribution in [0.1, 0.15) is 19.8 Å². The van der Waals surface area contributed by atoms with E-state index in [1.807, 2.05) is 18.2 Å². The molecule has 1 atom stereocenters. The normalized spacial score (nSPS) is 16.3. The number of amides is 1. The van der Waals surface area contributed by atoms with E-state index < -0.39 is 10.0 Å². The van der Waals surface area contributed by atoms with Gasteiger partial charge in [0.1, 0.15) is 0 Å². The fourth-order valence-corrected chi connectivity index (χ4v) is 5.01. The Labute approximate surface area is 158 Å². The maximum absolute atomic E-state index is 12.5. The van der Waals surface area contributed by atoms with Crippen LogP contribution in [-0.4, -0.2) is 42.0 Å². The van der Waals surface area contributed by atoms with Crippen LogP contribution in [-0.2, 0) is 14.8 Å². The standard InChI is InChI=1S/C18H21N3O3S2/c1-14(25-17-6-2-3-11-19-17)18(22)20-15-7-9-16(10-8-15)26(23,24)21-12-4-5-13-21/h2-3,6-11,14H,4-5,12-13H2,1H3,(H,20,22)/t14-/m1/s1. The van der Waals surface area contributed by atoms with E-state index in [1.54, 1.807) is 37.4 Å². The molecular formula is C18H21N3O3S2. The van der Waals surface area contributed by atoms with Crippen molar-refractivity contribution in [1.29, 1.82) is 0 Å². The van der Waals surface area contributed by atoms with Gasteiger partial charge in [-0.25, -0.2) is 13.4 Å². The van der Waals surface area contributed by atoms with Gasteiger partial charge in [0.2, 0.25) is 15.9 Å². The number of benzene rings is 1. The zero-order valence-electron chi connectivity index (χ0n) is 14.5. The summed E-state index contributed by atoms with van der Waals surface area (Å²) >= 11 is 1.37. The molecule has 0 aliphatic carbocycles. The fraction of sp³-hybridized carbons (Fsp3) is 0.333. The highest BCUT2D eigenvalue weighted by molar-refractivity contribution is 8.00. The minimum atomic E-state index is -3.43. The number of anilines is 1. The molecule has 0 unspecified atom stereocenters. The van der Waals surface area contributed by atoms with Crippen molar-refractivity contribution in [2.75, 3.05) is 18.4 Å². The van der Waals surface area contributed by atoms with Crippen molar-refractivity contribution in [3.63, 3.8) is 0 Å². The van der Waals surface area contributed by atoms with E-state index in [9.17, 15) is 13.2 Å². The number of sulfonamides is 1. The lowest BCUT2D eigenvalue weighted by molar-refractivity contribution is -0.115. The second-order valence-corrected chi connectivity index (χ2v) is 9.35. The number of hydrogen-bond donors (Lipinski definition) is 1. The van der Waals surface area contributed by atoms with Crippen LogP contribution >= 0.6 is 11.8 Å². The Bertz CT molecular complexity index is 849. The first kappa shape index (κ1) is 18.9. The van der Waals surface area contributed by atoms with Crippen LogP contribution in [0.4, 0.5) is 5.69 Å². The first-order valence-corrected chi connectivity index (χ1v) is 10.8. The minimum absolute atomic E-state index is 0.157. The van der Waals surface area contributed by atoms with Crippen molar-refractivity contribution in [2.24, 2.45) is 0 Å². The molecule has 26 heavy (non-hydrogen) atoms. The van der Waals surface area contributed by atoms with Gasteiger partial charge in [-0.3, -0.25) is 4.79 Å². The third kappa shape index (κ3) is 4.44. The molecule has 2 heterocycles. The molecule has 1 saturated heterocycles. The van der Waals surface area contributed by atoms with Crippen molar-refractivity contribution in [3.05, 3.63) is 48.7 Å². The molecule has 2 aromatic rings. The molecule has 138 valence electrons. The summed E-state index contributed by atoms with van der Waals surface area (Å²) in [6, 6.07) is 11.9. The van der Waals surface area contributed by atoms with Crippen LogP contribution < -0.4 is 5.32 Å². The van der Waals surface area contributed by atoms with E-state index in [2.05, 4.69) is 10.3 Å². The summed E-state index contributed by atoms with van der Waals surface area (Å²) in [6.07, 6.45) is 3.49. The highest BCUT2D eigenvalue weighted by Crippen LogP contribution is 2.24. The summed E-state index contributed by atoms with van der Waals surface area (Å²) in [5, 5.41) is 3.27. The average Bonchev–Trinajstić information content (AvgIpc) is 3.18. The fourth-order valence-electron chi connectivity index (χ4n) is 2.68. The Kier molecular flexibility index (Phi) is 5.95. The third-order valence-electron chi connectivity index (χ3n) is 4.13. The maximum atomic E-state index is 12.5. The summed E-state index contributed by atoms with van der Waals surface area (Å²) < 4.78 is 26.5. The zero-order chi connectivity index (χ0) is 18.6. The number of thioether (sulfide) groups is 1. The van der Waals surface area contributed by atoms with E-state index in [0.29, 0.717) is 18.8 Å². The Morgan fingerprint density at radius 1 is 1.15 bits per heavy atom. The molecule has 6 nitrogen and oxygen atoms in total. The van der Waals surface area contributed by atoms with Crippen LogP contribution in [0, 0.1) is 0 Å². The lowest BCUT2D eigenvalue weighted by atomic mass is 10.3. The molecule has 0 bridgehead atoms. The maximum Gasteiger partial charge on any atom is 0.243 e. The highest BCUT2D eigenvalue weighted by atomic mass is 32.2. The largest absolute Gasteiger partial charge is 0.325 e. The van der Waals surface area contributed by atoms with Crippen LogP contribution in [0.3, 0.4) is 0 Å². The SMILES string of the molecule is C[C@@H](Sc1ccccn1)C(=O)Nc1ccc(S(=O)(=O)N2CCCC2)cc1. The van der Waals surface area contributed by atoms with Gasteiger partial charge in [-0.15, -0.1) is 0 Å². The Morgan fingerprint density at radius 3 is 2.46 bits per heavy atom. The molecule has 0 saturated carbocycles. The van der Waals surface area contributed by atoms with Gasteiger partial charge >= 0.3 is 0 Å². The Hall–Kier alpha value is -1.90. The summed E-state index contributed by atoms with van der Waals surface area (Å²) in [7, 11) is -3.43. The molecule has 1 fully saturated rings. The van der Waals surface area contributed by atoms with Gasteiger partial charge in [0.25, 0.3) is 0 Å². The quantitative estimate of drug-likeness (QED) is 0.766. The van der Waals surface area contributed by atoms with Crippen LogP contribution in [0.2, 0.25) is 0 Å². The van der Waals surface area contributed by atoms with E-state index in [0.717, 1.165) is 17.9 Å². The van der Waals surface area contributed by atoms with E-state index in [1.165, 1.54) is 16.1 Å². The van der Waals surface area contributed by atoms with Gasteiger partial charge < -0.3 is 5.32 Å². The van der Waals surface area contributed by atoms with Gasteiger partial charge in [0.05, 0.1) is 15.2 Å². The number of pyridine rings is 1. The zero-order valence-corrected chi connectivity index (χ0v) is 16.1. The molecule has 1 amide bonds. The summed E-state index contributed by atoms with van der Waals surface area (Å²) in [6.45, 7) is 2.95. The van der Waals surface area contributed by atoms with Crippen LogP contribution in [0.15, 0.2) is 58.6 Å². The smallest absolute Gasteiger partial charge is 0.243 e. The number of nitrogens with zero attached hydrogens (tertiary/aromatic N) is 2. The van der Waals surface area contributed by atoms with Crippen molar-refractivity contribution in [3.8, 4) is 0 Å². The number of carbonyl (C=O) groups excluding carboxylic acids is 1. The summed E-state index contributed by atoms with van der Waals surface area (Å²) in [5.41, 5.74) is 0.573. The van der Waals surface area contributed by atoms with E-state index in [4.69, 9.17) is 0 Å². The number of carbonyl (C=O) groups is 1. The van der Waals surface area contributed by atoms with E-state index >= 15 is 0 Å². The van der Waals surface area contributed by atoms with Crippen molar-refractivity contribution in [1.82, 2.24) is 9.29 Å². The molecule has 1 aliphatic heterocycles. The van der Waals surface area contributed by atoms with E-state index in [-0.39, 0.29) is 16.1 Å². The van der Waals surface area contributed by atoms with Gasteiger partial charge in [-0.05, 0) is 56.2 Å². The molecule has 1 aliphatic rings. The first-order valence-electron chi connectivity index (χ1n) is 8.45. The number of nitrogens with one attached hydrogen (secondary N) is 1. The topological polar surface area (TPSA) is 79.4 Å². The number of aromatic nitrogens is 1. The summed E-state index contributed by atoms with van der Waals surface area (Å²) in [5.74, 6) is -0.157. The highest BCUT2D eigenvalue weighted by Gasteiger charge is 2.27. The molecule has 8 heteroatoms. The molecule has 0 spiro atoms. The monoisotopic (exact) mass is 391 g/mol.